The standard InChI is InChI=1S/C21H18Cl2N4S/c1-13-4-5-14(2)18(8-13)27-11-20(21(25-27)28-3)26-12-24-10-19(26)15-6-7-16(22)17(23)9-15/h4-12H,1-3H3. The van der Waals surface area contributed by atoms with Crippen molar-refractivity contribution < 1.29 is 0 Å². The second-order valence-electron chi connectivity index (χ2n) is 6.54. The third-order valence-corrected chi connectivity index (χ3v) is 6.00. The van der Waals surface area contributed by atoms with Crippen molar-refractivity contribution in [3.8, 4) is 22.6 Å². The van der Waals surface area contributed by atoms with E-state index in [1.54, 1.807) is 24.2 Å². The van der Waals surface area contributed by atoms with E-state index in [0.717, 1.165) is 27.7 Å². The fourth-order valence-corrected chi connectivity index (χ4v) is 3.93. The summed E-state index contributed by atoms with van der Waals surface area (Å²) in [7, 11) is 0. The first-order chi connectivity index (χ1) is 13.5. The van der Waals surface area contributed by atoms with Gasteiger partial charge in [-0.05, 0) is 49.4 Å². The second kappa shape index (κ2) is 7.66. The summed E-state index contributed by atoms with van der Waals surface area (Å²) in [5.74, 6) is 0. The van der Waals surface area contributed by atoms with E-state index in [0.29, 0.717) is 10.0 Å². The Morgan fingerprint density at radius 1 is 0.964 bits per heavy atom. The summed E-state index contributed by atoms with van der Waals surface area (Å²) in [5.41, 5.74) is 6.27. The van der Waals surface area contributed by atoms with Crippen molar-refractivity contribution in [1.82, 2.24) is 19.3 Å². The number of nitrogens with zero attached hydrogens (tertiary/aromatic N) is 4. The van der Waals surface area contributed by atoms with Crippen molar-refractivity contribution in [2.45, 2.75) is 18.9 Å². The Hall–Kier alpha value is -2.21. The van der Waals surface area contributed by atoms with Crippen LogP contribution in [0.15, 0.2) is 60.1 Å². The zero-order valence-corrected chi connectivity index (χ0v) is 18.0. The molecule has 0 radical (unpaired) electrons. The molecule has 7 heteroatoms. The Morgan fingerprint density at radius 2 is 1.79 bits per heavy atom. The summed E-state index contributed by atoms with van der Waals surface area (Å²) in [6.07, 6.45) is 7.67. The molecule has 28 heavy (non-hydrogen) atoms. The van der Waals surface area contributed by atoms with Gasteiger partial charge in [0.25, 0.3) is 0 Å². The largest absolute Gasteiger partial charge is 0.295 e. The third-order valence-electron chi connectivity index (χ3n) is 4.58. The molecule has 0 unspecified atom stereocenters. The number of hydrogen-bond donors (Lipinski definition) is 0. The van der Waals surface area contributed by atoms with Crippen LogP contribution in [0.1, 0.15) is 11.1 Å². The van der Waals surface area contributed by atoms with E-state index < -0.39 is 0 Å². The van der Waals surface area contributed by atoms with Gasteiger partial charge in [0.15, 0.2) is 0 Å². The van der Waals surface area contributed by atoms with Gasteiger partial charge in [-0.1, -0.05) is 41.4 Å². The van der Waals surface area contributed by atoms with Gasteiger partial charge in [-0.15, -0.1) is 11.8 Å². The lowest BCUT2D eigenvalue weighted by Gasteiger charge is -2.08. The van der Waals surface area contributed by atoms with Gasteiger partial charge in [0, 0.05) is 5.56 Å². The van der Waals surface area contributed by atoms with E-state index in [-0.39, 0.29) is 0 Å². The quantitative estimate of drug-likeness (QED) is 0.354. The molecule has 0 aliphatic carbocycles. The number of halogens is 2. The molecule has 2 heterocycles. The van der Waals surface area contributed by atoms with Crippen LogP contribution < -0.4 is 0 Å². The van der Waals surface area contributed by atoms with Gasteiger partial charge in [-0.2, -0.15) is 5.10 Å². The molecule has 4 aromatic rings. The summed E-state index contributed by atoms with van der Waals surface area (Å²) in [6.45, 7) is 4.17. The van der Waals surface area contributed by atoms with E-state index in [1.807, 2.05) is 40.0 Å². The van der Waals surface area contributed by atoms with Crippen LogP contribution in [0, 0.1) is 13.8 Å². The van der Waals surface area contributed by atoms with Crippen LogP contribution in [0.4, 0.5) is 0 Å². The highest BCUT2D eigenvalue weighted by Crippen LogP contribution is 2.32. The van der Waals surface area contributed by atoms with Gasteiger partial charge in [0.2, 0.25) is 0 Å². The third kappa shape index (κ3) is 3.46. The Labute approximate surface area is 178 Å². The molecule has 0 atom stereocenters. The zero-order valence-electron chi connectivity index (χ0n) is 15.6. The van der Waals surface area contributed by atoms with Crippen molar-refractivity contribution in [2.75, 3.05) is 6.26 Å². The van der Waals surface area contributed by atoms with Gasteiger partial charge in [-0.25, -0.2) is 9.67 Å². The lowest BCUT2D eigenvalue weighted by Crippen LogP contribution is -1.98. The lowest BCUT2D eigenvalue weighted by molar-refractivity contribution is 0.830. The van der Waals surface area contributed by atoms with E-state index in [1.165, 1.54) is 11.1 Å². The molecule has 0 amide bonds. The van der Waals surface area contributed by atoms with Crippen LogP contribution in [-0.4, -0.2) is 25.6 Å². The Balaban J connectivity index is 1.85. The topological polar surface area (TPSA) is 35.6 Å². The summed E-state index contributed by atoms with van der Waals surface area (Å²) < 4.78 is 3.96. The normalized spacial score (nSPS) is 11.2. The van der Waals surface area contributed by atoms with Crippen molar-refractivity contribution in [2.24, 2.45) is 0 Å². The summed E-state index contributed by atoms with van der Waals surface area (Å²) >= 11 is 13.9. The fourth-order valence-electron chi connectivity index (χ4n) is 3.11. The molecule has 2 aromatic carbocycles. The molecule has 0 N–H and O–H groups in total. The van der Waals surface area contributed by atoms with Crippen molar-refractivity contribution in [1.29, 1.82) is 0 Å². The maximum Gasteiger partial charge on any atom is 0.142 e. The number of hydrogen-bond acceptors (Lipinski definition) is 3. The predicted molar refractivity (Wildman–Crippen MR) is 117 cm³/mol. The van der Waals surface area contributed by atoms with Gasteiger partial charge in [0.1, 0.15) is 5.03 Å². The molecule has 142 valence electrons. The number of aryl methyl sites for hydroxylation is 2. The second-order valence-corrected chi connectivity index (χ2v) is 8.15. The van der Waals surface area contributed by atoms with Gasteiger partial charge < -0.3 is 0 Å². The van der Waals surface area contributed by atoms with Crippen molar-refractivity contribution in [3.05, 3.63) is 76.3 Å². The van der Waals surface area contributed by atoms with Crippen molar-refractivity contribution >= 4 is 35.0 Å². The zero-order chi connectivity index (χ0) is 19.8. The van der Waals surface area contributed by atoms with Crippen LogP contribution in [-0.2, 0) is 0 Å². The van der Waals surface area contributed by atoms with Crippen molar-refractivity contribution in [3.63, 3.8) is 0 Å². The van der Waals surface area contributed by atoms with Gasteiger partial charge >= 0.3 is 0 Å². The highest BCUT2D eigenvalue weighted by molar-refractivity contribution is 7.98. The molecular formula is C21H18Cl2N4S. The molecule has 0 saturated heterocycles. The van der Waals surface area contributed by atoms with Crippen LogP contribution in [0.3, 0.4) is 0 Å². The molecule has 0 aliphatic rings. The molecule has 0 aliphatic heterocycles. The number of rotatable bonds is 4. The Bertz CT molecular complexity index is 1160. The SMILES string of the molecule is CSc1nn(-c2cc(C)ccc2C)cc1-n1cncc1-c1ccc(Cl)c(Cl)c1. The maximum absolute atomic E-state index is 6.22. The predicted octanol–water partition coefficient (Wildman–Crippen LogP) is 6.37. The fraction of sp³-hybridized carbons (Fsp3) is 0.143. The minimum Gasteiger partial charge on any atom is -0.295 e. The molecule has 2 aromatic heterocycles. The number of thioether (sulfide) groups is 1. The molecule has 0 spiro atoms. The molecule has 4 nitrogen and oxygen atoms in total. The maximum atomic E-state index is 6.22. The average molecular weight is 429 g/mol. The van der Waals surface area contributed by atoms with E-state index in [4.69, 9.17) is 28.3 Å². The number of aromatic nitrogens is 4. The van der Waals surface area contributed by atoms with Crippen LogP contribution >= 0.6 is 35.0 Å². The first-order valence-electron chi connectivity index (χ1n) is 8.67. The summed E-state index contributed by atoms with van der Waals surface area (Å²) in [6, 6.07) is 12.0. The summed E-state index contributed by atoms with van der Waals surface area (Å²) in [4.78, 5) is 4.36. The highest BCUT2D eigenvalue weighted by atomic mass is 35.5. The van der Waals surface area contributed by atoms with Crippen LogP contribution in [0.2, 0.25) is 10.0 Å². The molecule has 0 fully saturated rings. The smallest absolute Gasteiger partial charge is 0.142 e. The highest BCUT2D eigenvalue weighted by Gasteiger charge is 2.16. The molecule has 0 saturated carbocycles. The average Bonchev–Trinajstić information content (AvgIpc) is 3.32. The number of benzene rings is 2. The Kier molecular flexibility index (Phi) is 5.23. The first-order valence-corrected chi connectivity index (χ1v) is 10.7. The Morgan fingerprint density at radius 3 is 2.54 bits per heavy atom. The van der Waals surface area contributed by atoms with Crippen LogP contribution in [0.25, 0.3) is 22.6 Å². The van der Waals surface area contributed by atoms with Gasteiger partial charge in [0.05, 0.1) is 45.8 Å². The minimum absolute atomic E-state index is 0.517. The van der Waals surface area contributed by atoms with Gasteiger partial charge in [-0.3, -0.25) is 4.57 Å². The van der Waals surface area contributed by atoms with E-state index in [9.17, 15) is 0 Å². The molecule has 4 rings (SSSR count). The minimum atomic E-state index is 0.517. The molecular weight excluding hydrogens is 411 g/mol. The van der Waals surface area contributed by atoms with Crippen LogP contribution in [0.5, 0.6) is 0 Å². The number of imidazole rings is 1. The first kappa shape index (κ1) is 19.1. The monoisotopic (exact) mass is 428 g/mol. The molecule has 0 bridgehead atoms. The van der Waals surface area contributed by atoms with E-state index in [2.05, 4.69) is 37.0 Å². The van der Waals surface area contributed by atoms with E-state index >= 15 is 0 Å². The summed E-state index contributed by atoms with van der Waals surface area (Å²) in [5, 5.41) is 6.77. The lowest BCUT2D eigenvalue weighted by atomic mass is 10.1.